The molecule has 0 saturated carbocycles. The summed E-state index contributed by atoms with van der Waals surface area (Å²) in [6, 6.07) is 47.0. The van der Waals surface area contributed by atoms with Crippen molar-refractivity contribution in [1.82, 2.24) is 60.6 Å². The average molecular weight is 1320 g/mol. The molecule has 0 bridgehead atoms. The monoisotopic (exact) mass is 1320 g/mol. The molecule has 6 aromatic carbocycles. The molecule has 0 radical (unpaired) electrons. The summed E-state index contributed by atoms with van der Waals surface area (Å²) in [5.74, 6) is 0.330. The Kier molecular flexibility index (Phi) is 25.6. The van der Waals surface area contributed by atoms with E-state index in [2.05, 4.69) is 87.0 Å². The van der Waals surface area contributed by atoms with Crippen LogP contribution in [0.25, 0.3) is 33.8 Å². The van der Waals surface area contributed by atoms with Crippen LogP contribution in [0.15, 0.2) is 176 Å². The van der Waals surface area contributed by atoms with Crippen molar-refractivity contribution in [3.63, 3.8) is 0 Å². The van der Waals surface area contributed by atoms with E-state index in [0.29, 0.717) is 69.9 Å². The molecule has 12 rings (SSSR count). The lowest BCUT2D eigenvalue weighted by Crippen LogP contribution is -2.56. The maximum Gasteiger partial charge on any atom is 0.236 e. The van der Waals surface area contributed by atoms with Gasteiger partial charge < -0.3 is 38.3 Å². The fourth-order valence-corrected chi connectivity index (χ4v) is 12.3. The van der Waals surface area contributed by atoms with Crippen molar-refractivity contribution < 1.29 is 32.7 Å². The number of aromatic hydroxyl groups is 1. The molecule has 9 aromatic rings. The van der Waals surface area contributed by atoms with Crippen LogP contribution >= 0.6 is 0 Å². The Balaban J connectivity index is 0.000000158. The maximum absolute atomic E-state index is 13.4. The number of phenols is 1. The fraction of sp³-hybridized carbons (Fsp3) is 0.320. The second kappa shape index (κ2) is 35.4. The number of primary amides is 3. The summed E-state index contributed by atoms with van der Waals surface area (Å²) in [7, 11) is 0. The Bertz CT molecular complexity index is 4050. The topological polar surface area (TPSA) is 273 Å². The van der Waals surface area contributed by atoms with Gasteiger partial charge in [-0.05, 0) is 145 Å². The third-order valence-corrected chi connectivity index (χ3v) is 17.3. The number of aryl methyl sites for hydroxylation is 6. The van der Waals surface area contributed by atoms with Crippen molar-refractivity contribution in [2.24, 2.45) is 17.2 Å². The number of nitrogens with zero attached hydrogens (tertiary/aromatic N) is 9. The highest BCUT2D eigenvalue weighted by Gasteiger charge is 2.29. The number of hydrogen-bond acceptors (Lipinski definition) is 16. The van der Waals surface area contributed by atoms with Crippen molar-refractivity contribution in [2.45, 2.75) is 95.5 Å². The molecule has 3 unspecified atom stereocenters. The largest absolute Gasteiger partial charge is 0.508 e. The van der Waals surface area contributed by atoms with Gasteiger partial charge in [-0.1, -0.05) is 78.9 Å². The van der Waals surface area contributed by atoms with Crippen LogP contribution in [0.2, 0.25) is 0 Å². The minimum atomic E-state index is -0.564. The average Bonchev–Trinajstić information content (AvgIpc) is 1.01. The molecule has 3 fully saturated rings. The van der Waals surface area contributed by atoms with Crippen molar-refractivity contribution in [3.05, 3.63) is 245 Å². The van der Waals surface area contributed by atoms with E-state index < -0.39 is 11.6 Å². The predicted molar refractivity (Wildman–Crippen MR) is 368 cm³/mol. The molecule has 10 N–H and O–H groups in total. The number of nitrogens with two attached hydrogens (primary N) is 3. The molecule has 6 heterocycles. The molecule has 0 aliphatic carbocycles. The zero-order chi connectivity index (χ0) is 67.9. The van der Waals surface area contributed by atoms with Crippen LogP contribution in [0.1, 0.15) is 70.1 Å². The van der Waals surface area contributed by atoms with Crippen molar-refractivity contribution in [1.29, 1.82) is 0 Å². The summed E-state index contributed by atoms with van der Waals surface area (Å²) in [5.41, 5.74) is 28.4. The molecule has 97 heavy (non-hydrogen) atoms. The molecule has 3 aliphatic heterocycles. The molecule has 3 amide bonds. The molecule has 504 valence electrons. The molecule has 3 saturated heterocycles. The van der Waals surface area contributed by atoms with Gasteiger partial charge in [0.05, 0.1) is 17.1 Å². The van der Waals surface area contributed by atoms with Gasteiger partial charge in [-0.2, -0.15) is 0 Å². The Morgan fingerprint density at radius 2 is 0.753 bits per heavy atom. The van der Waals surface area contributed by atoms with E-state index in [1.54, 1.807) is 36.7 Å². The molecular weight excluding hydrogens is 1230 g/mol. The number of carbonyl (C=O) groups excluding carboxylic acids is 3. The van der Waals surface area contributed by atoms with E-state index in [0.717, 1.165) is 152 Å². The van der Waals surface area contributed by atoms with Gasteiger partial charge in [0.15, 0.2) is 0 Å². The van der Waals surface area contributed by atoms with E-state index >= 15 is 0 Å². The van der Waals surface area contributed by atoms with Gasteiger partial charge in [0.2, 0.25) is 17.7 Å². The number of benzene rings is 6. The van der Waals surface area contributed by atoms with E-state index in [9.17, 15) is 32.7 Å². The highest BCUT2D eigenvalue weighted by molar-refractivity contribution is 5.81. The summed E-state index contributed by atoms with van der Waals surface area (Å²) in [5, 5.41) is 19.1. The van der Waals surface area contributed by atoms with Crippen LogP contribution in [0, 0.1) is 17.5 Å². The molecular formula is C75H84F3N15O4. The lowest BCUT2D eigenvalue weighted by atomic mass is 10.1. The Labute approximate surface area is 564 Å². The van der Waals surface area contributed by atoms with Gasteiger partial charge in [-0.3, -0.25) is 29.1 Å². The van der Waals surface area contributed by atoms with Crippen LogP contribution in [0.3, 0.4) is 0 Å². The van der Waals surface area contributed by atoms with Crippen LogP contribution in [-0.4, -0.2) is 144 Å². The molecule has 3 aromatic heterocycles. The Morgan fingerprint density at radius 1 is 0.402 bits per heavy atom. The van der Waals surface area contributed by atoms with Gasteiger partial charge in [0.25, 0.3) is 0 Å². The summed E-state index contributed by atoms with van der Waals surface area (Å²) in [6.45, 7) is 8.54. The summed E-state index contributed by atoms with van der Waals surface area (Å²) < 4.78 is 40.1. The first-order valence-corrected chi connectivity index (χ1v) is 33.1. The molecule has 22 heteroatoms. The van der Waals surface area contributed by atoms with Crippen molar-refractivity contribution >= 4 is 17.7 Å². The zero-order valence-corrected chi connectivity index (χ0v) is 54.4. The van der Waals surface area contributed by atoms with Crippen LogP contribution in [0.5, 0.6) is 5.75 Å². The number of amides is 3. The lowest BCUT2D eigenvalue weighted by Gasteiger charge is -2.34. The van der Waals surface area contributed by atoms with Crippen molar-refractivity contribution in [3.8, 4) is 39.5 Å². The van der Waals surface area contributed by atoms with Gasteiger partial charge in [0.1, 0.15) is 58.8 Å². The second-order valence-electron chi connectivity index (χ2n) is 24.6. The van der Waals surface area contributed by atoms with E-state index in [-0.39, 0.29) is 47.4 Å². The zero-order valence-electron chi connectivity index (χ0n) is 54.4. The maximum atomic E-state index is 13.4. The molecule has 3 atom stereocenters. The summed E-state index contributed by atoms with van der Waals surface area (Å²) >= 11 is 0. The van der Waals surface area contributed by atoms with Gasteiger partial charge in [-0.15, -0.1) is 0 Å². The summed E-state index contributed by atoms with van der Waals surface area (Å²) in [6.07, 6.45) is 12.2. The van der Waals surface area contributed by atoms with Gasteiger partial charge in [-0.25, -0.2) is 43.1 Å². The minimum Gasteiger partial charge on any atom is -0.508 e. The van der Waals surface area contributed by atoms with Crippen LogP contribution in [0.4, 0.5) is 13.2 Å². The Hall–Kier alpha value is -9.68. The normalized spacial score (nSPS) is 16.7. The van der Waals surface area contributed by atoms with Gasteiger partial charge in [0, 0.05) is 139 Å². The standard InChI is InChI=1S/C25H27F2N5O.C25H28FN5O.C25H29N5O2/c26-20-12-17(13-21(27)14-20)3-2-6-24-30-8-7-22(31-24)19-5-1-4-18(11-19)16-32-10-9-29-15-23(32)25(28)33;26-21-8-2-4-18(15-21)5-3-9-24-29-11-10-22(30-24)20-7-1-6-19(14-20)17-31-13-12-28-16-23(31)25(27)32;26-25(32)23-16-27-13-14-30(23)17-19-4-1-5-20(15-19)22-11-12-28-24(29-22)6-2-3-18-7-9-21(31)10-8-18/h1,4-5,7-8,11-14,23,29H,2-3,6,9-10,15-16H2,(H2,28,33);1-2,4,6-8,10-11,14-15,23,28H,3,5,9,12-13,16-17H2,(H2,27,32);1,4-5,7-12,15,23,27,31H,2-3,6,13-14,16-17H2,(H2,26,32). The first kappa shape index (κ1) is 70.1. The highest BCUT2D eigenvalue weighted by Crippen LogP contribution is 2.25. The fourth-order valence-electron chi connectivity index (χ4n) is 12.3. The smallest absolute Gasteiger partial charge is 0.236 e. The quantitative estimate of drug-likeness (QED) is 0.0303. The van der Waals surface area contributed by atoms with E-state index in [1.807, 2.05) is 79.0 Å². The third-order valence-electron chi connectivity index (χ3n) is 17.3. The third kappa shape index (κ3) is 21.4. The number of phenolic OH excluding ortho intramolecular Hbond substituents is 1. The van der Waals surface area contributed by atoms with E-state index in [1.165, 1.54) is 23.8 Å². The van der Waals surface area contributed by atoms with Crippen molar-refractivity contribution in [2.75, 3.05) is 58.9 Å². The number of piperazine rings is 3. The number of carbonyl (C=O) groups is 3. The number of rotatable bonds is 24. The lowest BCUT2D eigenvalue weighted by molar-refractivity contribution is -0.124. The predicted octanol–water partition coefficient (Wildman–Crippen LogP) is 7.86. The Morgan fingerprint density at radius 3 is 1.13 bits per heavy atom. The van der Waals surface area contributed by atoms with Crippen LogP contribution < -0.4 is 33.2 Å². The summed E-state index contributed by atoms with van der Waals surface area (Å²) in [4.78, 5) is 69.1. The highest BCUT2D eigenvalue weighted by atomic mass is 19.1. The SMILES string of the molecule is NC(=O)C1CNCCN1Cc1cccc(-c2ccnc(CCCc3cc(F)cc(F)c3)n2)c1.NC(=O)C1CNCCN1Cc1cccc(-c2ccnc(CCCc3ccc(O)cc3)n2)c1.NC(=O)C1CNCCN1Cc1cccc(-c2ccnc(CCCc3cccc(F)c3)n2)c1. The minimum absolute atomic E-state index is 0.205. The van der Waals surface area contributed by atoms with E-state index in [4.69, 9.17) is 27.2 Å². The van der Waals surface area contributed by atoms with Gasteiger partial charge >= 0.3 is 0 Å². The molecule has 0 spiro atoms. The number of halogens is 3. The number of hydrogen-bond donors (Lipinski definition) is 7. The number of aromatic nitrogens is 6. The first-order valence-electron chi connectivity index (χ1n) is 33.1. The number of nitrogens with one attached hydrogen (secondary N) is 3. The molecule has 19 nitrogen and oxygen atoms in total. The second-order valence-corrected chi connectivity index (χ2v) is 24.6. The molecule has 3 aliphatic rings. The van der Waals surface area contributed by atoms with Crippen LogP contribution in [-0.2, 0) is 72.5 Å². The first-order chi connectivity index (χ1) is 47.1.